The summed E-state index contributed by atoms with van der Waals surface area (Å²) >= 11 is 6.12. The van der Waals surface area contributed by atoms with Gasteiger partial charge in [-0.15, -0.1) is 0 Å². The van der Waals surface area contributed by atoms with Crippen LogP contribution in [0.25, 0.3) is 0 Å². The van der Waals surface area contributed by atoms with Gasteiger partial charge in [0.05, 0.1) is 10.6 Å². The second-order valence-electron chi connectivity index (χ2n) is 4.92. The van der Waals surface area contributed by atoms with Gasteiger partial charge < -0.3 is 10.2 Å². The molecule has 1 N–H and O–H groups in total. The normalized spacial score (nSPS) is 19.3. The van der Waals surface area contributed by atoms with Crippen molar-refractivity contribution in [2.75, 3.05) is 18.4 Å². The number of piperidine rings is 1. The van der Waals surface area contributed by atoms with E-state index in [2.05, 4.69) is 17.2 Å². The highest BCUT2D eigenvalue weighted by Crippen LogP contribution is 2.24. The van der Waals surface area contributed by atoms with Crippen LogP contribution in [-0.2, 0) is 0 Å². The van der Waals surface area contributed by atoms with Crippen LogP contribution >= 0.6 is 11.6 Å². The van der Waals surface area contributed by atoms with Crippen molar-refractivity contribution in [1.29, 1.82) is 0 Å². The van der Waals surface area contributed by atoms with Crippen molar-refractivity contribution in [3.63, 3.8) is 0 Å². The number of nitrogens with zero attached hydrogens (tertiary/aromatic N) is 2. The summed E-state index contributed by atoms with van der Waals surface area (Å²) in [6.07, 6.45) is 4.87. The number of pyridine rings is 1. The van der Waals surface area contributed by atoms with E-state index < -0.39 is 0 Å². The second-order valence-corrected chi connectivity index (χ2v) is 5.33. The van der Waals surface area contributed by atoms with Crippen molar-refractivity contribution >= 4 is 23.3 Å². The third-order valence-corrected chi connectivity index (χ3v) is 3.81. The van der Waals surface area contributed by atoms with Crippen LogP contribution in [0.3, 0.4) is 0 Å². The van der Waals surface area contributed by atoms with Crippen molar-refractivity contribution < 1.29 is 4.79 Å². The van der Waals surface area contributed by atoms with Gasteiger partial charge in [0, 0.05) is 25.3 Å². The molecule has 1 unspecified atom stereocenters. The van der Waals surface area contributed by atoms with Gasteiger partial charge >= 0.3 is 0 Å². The summed E-state index contributed by atoms with van der Waals surface area (Å²) in [5.74, 6) is 0.707. The number of amides is 1. The number of carbonyl (C=O) groups excluding carboxylic acids is 1. The highest BCUT2D eigenvalue weighted by atomic mass is 35.5. The lowest BCUT2D eigenvalue weighted by molar-refractivity contribution is 0.0636. The van der Waals surface area contributed by atoms with Gasteiger partial charge in [-0.1, -0.05) is 11.6 Å². The SMILES string of the molecule is CCNc1cc(C(=O)N2CCCCC2C)c(Cl)cn1. The lowest BCUT2D eigenvalue weighted by Crippen LogP contribution is -2.42. The molecular weight excluding hydrogens is 262 g/mol. The number of aromatic nitrogens is 1. The number of hydrogen-bond donors (Lipinski definition) is 1. The molecule has 2 heterocycles. The Morgan fingerprint density at radius 2 is 2.37 bits per heavy atom. The minimum Gasteiger partial charge on any atom is -0.370 e. The topological polar surface area (TPSA) is 45.2 Å². The Bertz CT molecular complexity index is 464. The Labute approximate surface area is 119 Å². The molecule has 1 saturated heterocycles. The molecule has 19 heavy (non-hydrogen) atoms. The van der Waals surface area contributed by atoms with Crippen LogP contribution in [0.2, 0.25) is 5.02 Å². The van der Waals surface area contributed by atoms with Gasteiger partial charge in [0.2, 0.25) is 0 Å². The molecule has 1 aromatic rings. The van der Waals surface area contributed by atoms with Crippen LogP contribution in [-0.4, -0.2) is 34.9 Å². The molecule has 1 aliphatic rings. The molecule has 104 valence electrons. The summed E-state index contributed by atoms with van der Waals surface area (Å²) in [5, 5.41) is 3.52. The maximum Gasteiger partial charge on any atom is 0.255 e. The number of rotatable bonds is 3. The van der Waals surface area contributed by atoms with Gasteiger partial charge in [0.25, 0.3) is 5.91 Å². The molecule has 5 heteroatoms. The number of hydrogen-bond acceptors (Lipinski definition) is 3. The van der Waals surface area contributed by atoms with E-state index >= 15 is 0 Å². The summed E-state index contributed by atoms with van der Waals surface area (Å²) in [5.41, 5.74) is 0.543. The zero-order valence-electron chi connectivity index (χ0n) is 11.4. The van der Waals surface area contributed by atoms with E-state index in [4.69, 9.17) is 11.6 Å². The molecule has 1 aliphatic heterocycles. The lowest BCUT2D eigenvalue weighted by atomic mass is 10.0. The quantitative estimate of drug-likeness (QED) is 0.925. The number of carbonyl (C=O) groups is 1. The Hall–Kier alpha value is -1.29. The Kier molecular flexibility index (Phi) is 4.64. The molecule has 4 nitrogen and oxygen atoms in total. The standard InChI is InChI=1S/C14H20ClN3O/c1-3-16-13-8-11(12(15)9-17-13)14(19)18-7-5-4-6-10(18)2/h8-10H,3-7H2,1-2H3,(H,16,17). The molecule has 0 aromatic carbocycles. The van der Waals surface area contributed by atoms with Crippen molar-refractivity contribution in [3.8, 4) is 0 Å². The van der Waals surface area contributed by atoms with Gasteiger partial charge in [0.15, 0.2) is 0 Å². The maximum atomic E-state index is 12.6. The first kappa shape index (κ1) is 14.1. The first-order valence-corrected chi connectivity index (χ1v) is 7.21. The van der Waals surface area contributed by atoms with Crippen LogP contribution in [0.15, 0.2) is 12.3 Å². The van der Waals surface area contributed by atoms with Gasteiger partial charge in [-0.05, 0) is 39.2 Å². The average molecular weight is 282 g/mol. The van der Waals surface area contributed by atoms with Crippen LogP contribution in [0, 0.1) is 0 Å². The fourth-order valence-corrected chi connectivity index (χ4v) is 2.62. The van der Waals surface area contributed by atoms with E-state index in [9.17, 15) is 4.79 Å². The van der Waals surface area contributed by atoms with E-state index in [0.29, 0.717) is 16.4 Å². The number of nitrogens with one attached hydrogen (secondary N) is 1. The fraction of sp³-hybridized carbons (Fsp3) is 0.571. The van der Waals surface area contributed by atoms with Gasteiger partial charge in [-0.2, -0.15) is 0 Å². The van der Waals surface area contributed by atoms with Crippen LogP contribution < -0.4 is 5.32 Å². The van der Waals surface area contributed by atoms with Crippen molar-refractivity contribution in [2.45, 2.75) is 39.2 Å². The zero-order valence-corrected chi connectivity index (χ0v) is 12.2. The van der Waals surface area contributed by atoms with Crippen molar-refractivity contribution in [1.82, 2.24) is 9.88 Å². The number of likely N-dealkylation sites (tertiary alicyclic amines) is 1. The maximum absolute atomic E-state index is 12.6. The monoisotopic (exact) mass is 281 g/mol. The second kappa shape index (κ2) is 6.24. The smallest absolute Gasteiger partial charge is 0.255 e. The minimum absolute atomic E-state index is 0.0127. The molecule has 1 amide bonds. The molecule has 0 radical (unpaired) electrons. The van der Waals surface area contributed by atoms with Gasteiger partial charge in [-0.3, -0.25) is 4.79 Å². The van der Waals surface area contributed by atoms with Crippen LogP contribution in [0.1, 0.15) is 43.5 Å². The third-order valence-electron chi connectivity index (χ3n) is 3.51. The Balaban J connectivity index is 2.24. The van der Waals surface area contributed by atoms with E-state index in [1.165, 1.54) is 6.42 Å². The van der Waals surface area contributed by atoms with E-state index in [1.54, 1.807) is 12.3 Å². The average Bonchev–Trinajstić information content (AvgIpc) is 2.41. The molecule has 2 rings (SSSR count). The minimum atomic E-state index is 0.0127. The summed E-state index contributed by atoms with van der Waals surface area (Å²) in [7, 11) is 0. The molecule has 1 atom stereocenters. The summed E-state index contributed by atoms with van der Waals surface area (Å²) < 4.78 is 0. The Morgan fingerprint density at radius 3 is 3.05 bits per heavy atom. The molecule has 1 aromatic heterocycles. The molecule has 1 fully saturated rings. The molecular formula is C14H20ClN3O. The van der Waals surface area contributed by atoms with E-state index in [1.807, 2.05) is 11.8 Å². The summed E-state index contributed by atoms with van der Waals surface area (Å²) in [6, 6.07) is 2.03. The van der Waals surface area contributed by atoms with Crippen LogP contribution in [0.4, 0.5) is 5.82 Å². The largest absolute Gasteiger partial charge is 0.370 e. The first-order chi connectivity index (χ1) is 9.13. The third kappa shape index (κ3) is 3.18. The van der Waals surface area contributed by atoms with Crippen molar-refractivity contribution in [2.24, 2.45) is 0 Å². The summed E-state index contributed by atoms with van der Waals surface area (Å²) in [6.45, 7) is 5.67. The van der Waals surface area contributed by atoms with E-state index in [-0.39, 0.29) is 11.9 Å². The molecule has 0 aliphatic carbocycles. The molecule has 0 saturated carbocycles. The number of anilines is 1. The fourth-order valence-electron chi connectivity index (χ4n) is 2.43. The zero-order chi connectivity index (χ0) is 13.8. The van der Waals surface area contributed by atoms with Gasteiger partial charge in [0.1, 0.15) is 5.82 Å². The predicted molar refractivity (Wildman–Crippen MR) is 77.8 cm³/mol. The van der Waals surface area contributed by atoms with Crippen molar-refractivity contribution in [3.05, 3.63) is 22.8 Å². The highest BCUT2D eigenvalue weighted by molar-refractivity contribution is 6.33. The first-order valence-electron chi connectivity index (χ1n) is 6.84. The predicted octanol–water partition coefficient (Wildman–Crippen LogP) is 3.18. The Morgan fingerprint density at radius 1 is 1.58 bits per heavy atom. The lowest BCUT2D eigenvalue weighted by Gasteiger charge is -2.33. The highest BCUT2D eigenvalue weighted by Gasteiger charge is 2.25. The number of halogens is 1. The van der Waals surface area contributed by atoms with Gasteiger partial charge in [-0.25, -0.2) is 4.98 Å². The van der Waals surface area contributed by atoms with Crippen LogP contribution in [0.5, 0.6) is 0 Å². The molecule has 0 spiro atoms. The summed E-state index contributed by atoms with van der Waals surface area (Å²) in [4.78, 5) is 18.7. The molecule has 0 bridgehead atoms. The van der Waals surface area contributed by atoms with E-state index in [0.717, 1.165) is 25.9 Å².